The summed E-state index contributed by atoms with van der Waals surface area (Å²) in [7, 11) is 0. The number of fused-ring (bicyclic) bond motifs is 1. The predicted molar refractivity (Wildman–Crippen MR) is 93.8 cm³/mol. The minimum absolute atomic E-state index is 0.0851. The zero-order valence-corrected chi connectivity index (χ0v) is 14.7. The molecular weight excluding hydrogens is 324 g/mol. The Kier molecular flexibility index (Phi) is 6.01. The second kappa shape index (κ2) is 8.00. The van der Waals surface area contributed by atoms with Crippen molar-refractivity contribution in [2.45, 2.75) is 46.1 Å². The molecule has 2 N–H and O–H groups in total. The number of aliphatic carboxylic acids is 1. The van der Waals surface area contributed by atoms with Crippen LogP contribution in [0.4, 0.5) is 11.4 Å². The molecule has 2 rings (SSSR count). The molecule has 1 aromatic carbocycles. The summed E-state index contributed by atoms with van der Waals surface area (Å²) in [5, 5.41) is 11.3. The fraction of sp³-hybridized carbons (Fsp3) is 0.500. The minimum Gasteiger partial charge on any atom is -0.481 e. The van der Waals surface area contributed by atoms with Gasteiger partial charge < -0.3 is 20.1 Å². The normalized spacial score (nSPS) is 16.4. The fourth-order valence-electron chi connectivity index (χ4n) is 2.66. The van der Waals surface area contributed by atoms with Crippen LogP contribution < -0.4 is 15.0 Å². The zero-order chi connectivity index (χ0) is 18.6. The molecule has 1 atom stereocenters. The molecule has 2 amide bonds. The maximum absolute atomic E-state index is 12.6. The van der Waals surface area contributed by atoms with E-state index < -0.39 is 12.1 Å². The Balaban J connectivity index is 2.23. The van der Waals surface area contributed by atoms with Gasteiger partial charge in [-0.1, -0.05) is 20.8 Å². The lowest BCUT2D eigenvalue weighted by Gasteiger charge is -2.35. The third-order valence-electron chi connectivity index (χ3n) is 3.83. The number of nitrogens with zero attached hydrogens (tertiary/aromatic N) is 1. The summed E-state index contributed by atoms with van der Waals surface area (Å²) in [6.45, 7) is 6.52. The highest BCUT2D eigenvalue weighted by Crippen LogP contribution is 2.37. The van der Waals surface area contributed by atoms with Gasteiger partial charge in [0.1, 0.15) is 5.75 Å². The van der Waals surface area contributed by atoms with Crippen LogP contribution in [0.3, 0.4) is 0 Å². The number of rotatable bonds is 7. The first-order chi connectivity index (χ1) is 11.8. The van der Waals surface area contributed by atoms with Crippen molar-refractivity contribution in [2.75, 3.05) is 16.8 Å². The summed E-state index contributed by atoms with van der Waals surface area (Å²) in [4.78, 5) is 36.7. The highest BCUT2D eigenvalue weighted by molar-refractivity contribution is 6.01. The number of benzene rings is 1. The van der Waals surface area contributed by atoms with E-state index in [4.69, 9.17) is 9.84 Å². The highest BCUT2D eigenvalue weighted by atomic mass is 16.5. The second-order valence-electron chi connectivity index (χ2n) is 6.48. The third kappa shape index (κ3) is 4.71. The first-order valence-electron chi connectivity index (χ1n) is 8.45. The maximum atomic E-state index is 12.6. The van der Waals surface area contributed by atoms with E-state index in [1.165, 1.54) is 0 Å². The summed E-state index contributed by atoms with van der Waals surface area (Å²) in [5.41, 5.74) is 1.13. The van der Waals surface area contributed by atoms with Crippen LogP contribution in [0.2, 0.25) is 0 Å². The molecule has 0 spiro atoms. The molecule has 0 aliphatic carbocycles. The van der Waals surface area contributed by atoms with Crippen LogP contribution >= 0.6 is 0 Å². The van der Waals surface area contributed by atoms with Gasteiger partial charge in [0, 0.05) is 18.7 Å². The number of amides is 2. The number of carbonyl (C=O) groups excluding carboxylic acids is 2. The molecule has 0 radical (unpaired) electrons. The van der Waals surface area contributed by atoms with Crippen molar-refractivity contribution in [3.8, 4) is 5.75 Å². The molecule has 25 heavy (non-hydrogen) atoms. The van der Waals surface area contributed by atoms with Gasteiger partial charge in [-0.15, -0.1) is 0 Å². The number of nitrogens with one attached hydrogen (secondary N) is 1. The molecule has 0 bridgehead atoms. The van der Waals surface area contributed by atoms with Gasteiger partial charge in [0.05, 0.1) is 12.1 Å². The van der Waals surface area contributed by atoms with E-state index in [2.05, 4.69) is 5.32 Å². The van der Waals surface area contributed by atoms with Gasteiger partial charge in [-0.05, 0) is 30.5 Å². The van der Waals surface area contributed by atoms with Crippen molar-refractivity contribution in [3.63, 3.8) is 0 Å². The average Bonchev–Trinajstić information content (AvgIpc) is 2.55. The molecule has 1 aromatic rings. The van der Waals surface area contributed by atoms with E-state index in [-0.39, 0.29) is 30.6 Å². The smallest absolute Gasteiger partial charge is 0.303 e. The van der Waals surface area contributed by atoms with Crippen LogP contribution in [0.15, 0.2) is 18.2 Å². The Labute approximate surface area is 147 Å². The molecule has 7 heteroatoms. The van der Waals surface area contributed by atoms with Crippen molar-refractivity contribution < 1.29 is 24.2 Å². The van der Waals surface area contributed by atoms with Crippen LogP contribution in [0.25, 0.3) is 0 Å². The molecule has 1 heterocycles. The molecular formula is C18H24N2O5. The molecule has 1 aliphatic rings. The lowest BCUT2D eigenvalue weighted by Crippen LogP contribution is -2.47. The minimum atomic E-state index is -1.02. The van der Waals surface area contributed by atoms with Crippen LogP contribution in [-0.2, 0) is 14.4 Å². The van der Waals surface area contributed by atoms with Gasteiger partial charge >= 0.3 is 5.97 Å². The molecule has 1 unspecified atom stereocenters. The number of carbonyl (C=O) groups is 3. The van der Waals surface area contributed by atoms with Gasteiger partial charge in [0.15, 0.2) is 6.10 Å². The largest absolute Gasteiger partial charge is 0.481 e. The molecule has 0 saturated carbocycles. The summed E-state index contributed by atoms with van der Waals surface area (Å²) < 4.78 is 5.76. The Morgan fingerprint density at radius 3 is 2.64 bits per heavy atom. The van der Waals surface area contributed by atoms with Crippen LogP contribution in [-0.4, -0.2) is 35.5 Å². The van der Waals surface area contributed by atoms with E-state index in [1.54, 1.807) is 23.1 Å². The van der Waals surface area contributed by atoms with E-state index in [9.17, 15) is 14.4 Å². The van der Waals surface area contributed by atoms with Gasteiger partial charge in [-0.25, -0.2) is 0 Å². The van der Waals surface area contributed by atoms with Crippen LogP contribution in [0.1, 0.15) is 40.0 Å². The molecule has 0 aromatic heterocycles. The summed E-state index contributed by atoms with van der Waals surface area (Å²) >= 11 is 0. The number of carboxylic acid groups (broad SMARTS) is 1. The Hall–Kier alpha value is -2.57. The monoisotopic (exact) mass is 348 g/mol. The third-order valence-corrected chi connectivity index (χ3v) is 3.83. The molecule has 0 fully saturated rings. The van der Waals surface area contributed by atoms with E-state index >= 15 is 0 Å². The van der Waals surface area contributed by atoms with Crippen molar-refractivity contribution in [1.82, 2.24) is 0 Å². The summed E-state index contributed by atoms with van der Waals surface area (Å²) in [6, 6.07) is 5.11. The summed E-state index contributed by atoms with van der Waals surface area (Å²) in [6.07, 6.45) is -0.242. The van der Waals surface area contributed by atoms with E-state index in [0.29, 0.717) is 30.1 Å². The molecule has 0 saturated heterocycles. The number of hydrogen-bond acceptors (Lipinski definition) is 4. The topological polar surface area (TPSA) is 95.9 Å². The standard InChI is InChI=1S/C18H24N2O5/c1-4-14-18(24)20(10-11(2)3)13-9-12(5-6-15(13)25-14)19-16(21)7-8-17(22)23/h5-6,9,11,14H,4,7-8,10H2,1-3H3,(H,19,21)(H,22,23). The van der Waals surface area contributed by atoms with Crippen molar-refractivity contribution in [2.24, 2.45) is 5.92 Å². The van der Waals surface area contributed by atoms with Gasteiger partial charge in [0.25, 0.3) is 5.91 Å². The Morgan fingerprint density at radius 1 is 1.32 bits per heavy atom. The Bertz CT molecular complexity index is 671. The average molecular weight is 348 g/mol. The molecule has 7 nitrogen and oxygen atoms in total. The summed E-state index contributed by atoms with van der Waals surface area (Å²) in [5.74, 6) is -0.601. The quantitative estimate of drug-likeness (QED) is 0.790. The lowest BCUT2D eigenvalue weighted by molar-refractivity contribution is -0.138. The van der Waals surface area contributed by atoms with Crippen molar-refractivity contribution >= 4 is 29.2 Å². The van der Waals surface area contributed by atoms with Gasteiger partial charge in [-0.3, -0.25) is 14.4 Å². The van der Waals surface area contributed by atoms with Crippen LogP contribution in [0.5, 0.6) is 5.75 Å². The first kappa shape index (κ1) is 18.8. The van der Waals surface area contributed by atoms with E-state index in [1.807, 2.05) is 20.8 Å². The van der Waals surface area contributed by atoms with Gasteiger partial charge in [-0.2, -0.15) is 0 Å². The number of ether oxygens (including phenoxy) is 1. The molecule has 136 valence electrons. The fourth-order valence-corrected chi connectivity index (χ4v) is 2.66. The number of carboxylic acids is 1. The Morgan fingerprint density at radius 2 is 2.04 bits per heavy atom. The van der Waals surface area contributed by atoms with Crippen molar-refractivity contribution in [3.05, 3.63) is 18.2 Å². The van der Waals surface area contributed by atoms with E-state index in [0.717, 1.165) is 0 Å². The second-order valence-corrected chi connectivity index (χ2v) is 6.48. The predicted octanol–water partition coefficient (Wildman–Crippen LogP) is 2.65. The molecule has 1 aliphatic heterocycles. The zero-order valence-electron chi connectivity index (χ0n) is 14.7. The van der Waals surface area contributed by atoms with Crippen LogP contribution in [0, 0.1) is 5.92 Å². The maximum Gasteiger partial charge on any atom is 0.303 e. The highest BCUT2D eigenvalue weighted by Gasteiger charge is 2.33. The first-order valence-corrected chi connectivity index (χ1v) is 8.45. The lowest BCUT2D eigenvalue weighted by atomic mass is 10.1. The number of anilines is 2. The number of hydrogen-bond donors (Lipinski definition) is 2. The van der Waals surface area contributed by atoms with Gasteiger partial charge in [0.2, 0.25) is 5.91 Å². The SMILES string of the molecule is CCC1Oc2ccc(NC(=O)CCC(=O)O)cc2N(CC(C)C)C1=O. The van der Waals surface area contributed by atoms with Crippen molar-refractivity contribution in [1.29, 1.82) is 0 Å².